The molecule has 1 unspecified atom stereocenters. The first-order valence-corrected chi connectivity index (χ1v) is 7.72. The molecular weight excluding hydrogens is 284 g/mol. The van der Waals surface area contributed by atoms with Gasteiger partial charge in [-0.15, -0.1) is 11.6 Å². The highest BCUT2D eigenvalue weighted by Gasteiger charge is 2.15. The van der Waals surface area contributed by atoms with Gasteiger partial charge in [-0.2, -0.15) is 0 Å². The van der Waals surface area contributed by atoms with Crippen LogP contribution in [0.4, 0.5) is 0 Å². The number of ether oxygens (including phenoxy) is 2. The standard InChI is InChI=1S/C18H19ClO2/c1-20-16-6-2-13(3-7-16)4-8-17(19)14-5-9-18-15(12-14)10-11-21-18/h2-3,5-7,9,12,17H,4,8,10-11H2,1H3. The van der Waals surface area contributed by atoms with E-state index < -0.39 is 0 Å². The minimum absolute atomic E-state index is 0.0398. The van der Waals surface area contributed by atoms with E-state index in [1.807, 2.05) is 18.2 Å². The largest absolute Gasteiger partial charge is 0.497 e. The maximum atomic E-state index is 6.55. The van der Waals surface area contributed by atoms with Crippen molar-refractivity contribution in [2.24, 2.45) is 0 Å². The molecule has 2 nitrogen and oxygen atoms in total. The molecule has 0 aromatic heterocycles. The van der Waals surface area contributed by atoms with Gasteiger partial charge in [-0.3, -0.25) is 0 Å². The summed E-state index contributed by atoms with van der Waals surface area (Å²) in [7, 11) is 1.68. The van der Waals surface area contributed by atoms with Crippen molar-refractivity contribution in [3.63, 3.8) is 0 Å². The summed E-state index contributed by atoms with van der Waals surface area (Å²) in [6.45, 7) is 0.789. The molecule has 0 amide bonds. The fourth-order valence-electron chi connectivity index (χ4n) is 2.65. The maximum Gasteiger partial charge on any atom is 0.122 e. The third-order valence-electron chi connectivity index (χ3n) is 3.92. The molecule has 3 rings (SSSR count). The van der Waals surface area contributed by atoms with Gasteiger partial charge in [0.15, 0.2) is 0 Å². The van der Waals surface area contributed by atoms with E-state index in [1.54, 1.807) is 7.11 Å². The summed E-state index contributed by atoms with van der Waals surface area (Å²) in [4.78, 5) is 0. The molecule has 1 aliphatic heterocycles. The lowest BCUT2D eigenvalue weighted by Crippen LogP contribution is -1.95. The van der Waals surface area contributed by atoms with Crippen LogP contribution < -0.4 is 9.47 Å². The van der Waals surface area contributed by atoms with Gasteiger partial charge in [0, 0.05) is 6.42 Å². The number of methoxy groups -OCH3 is 1. The van der Waals surface area contributed by atoms with Crippen LogP contribution in [0.5, 0.6) is 11.5 Å². The topological polar surface area (TPSA) is 18.5 Å². The molecule has 3 heteroatoms. The molecule has 0 saturated carbocycles. The summed E-state index contributed by atoms with van der Waals surface area (Å²) in [5.74, 6) is 1.90. The van der Waals surface area contributed by atoms with Crippen molar-refractivity contribution in [3.8, 4) is 11.5 Å². The molecule has 21 heavy (non-hydrogen) atoms. The Kier molecular flexibility index (Phi) is 4.35. The Bertz CT molecular complexity index is 607. The van der Waals surface area contributed by atoms with E-state index in [4.69, 9.17) is 21.1 Å². The lowest BCUT2D eigenvalue weighted by molar-refractivity contribution is 0.357. The van der Waals surface area contributed by atoms with E-state index >= 15 is 0 Å². The average Bonchev–Trinajstić information content (AvgIpc) is 3.00. The van der Waals surface area contributed by atoms with Gasteiger partial charge in [0.1, 0.15) is 11.5 Å². The normalized spacial score (nSPS) is 14.4. The first kappa shape index (κ1) is 14.3. The first-order chi connectivity index (χ1) is 10.3. The summed E-state index contributed by atoms with van der Waals surface area (Å²) >= 11 is 6.55. The van der Waals surface area contributed by atoms with Crippen molar-refractivity contribution in [1.29, 1.82) is 0 Å². The number of alkyl halides is 1. The van der Waals surface area contributed by atoms with E-state index in [9.17, 15) is 0 Å². The molecule has 0 bridgehead atoms. The first-order valence-electron chi connectivity index (χ1n) is 7.29. The molecular formula is C18H19ClO2. The Labute approximate surface area is 130 Å². The third-order valence-corrected chi connectivity index (χ3v) is 4.39. The molecule has 110 valence electrons. The summed E-state index contributed by atoms with van der Waals surface area (Å²) in [6.07, 6.45) is 2.88. The Balaban J connectivity index is 1.61. The Morgan fingerprint density at radius 2 is 2.00 bits per heavy atom. The van der Waals surface area contributed by atoms with Gasteiger partial charge in [0.25, 0.3) is 0 Å². The fraction of sp³-hybridized carbons (Fsp3) is 0.333. The molecule has 1 atom stereocenters. The Hall–Kier alpha value is -1.67. The smallest absolute Gasteiger partial charge is 0.122 e. The lowest BCUT2D eigenvalue weighted by atomic mass is 10.0. The van der Waals surface area contributed by atoms with Gasteiger partial charge in [-0.25, -0.2) is 0 Å². The zero-order valence-electron chi connectivity index (χ0n) is 12.1. The minimum Gasteiger partial charge on any atom is -0.497 e. The Morgan fingerprint density at radius 1 is 1.19 bits per heavy atom. The lowest BCUT2D eigenvalue weighted by Gasteiger charge is -2.11. The van der Waals surface area contributed by atoms with Crippen molar-refractivity contribution in [2.75, 3.05) is 13.7 Å². The summed E-state index contributed by atoms with van der Waals surface area (Å²) in [6, 6.07) is 14.5. The van der Waals surface area contributed by atoms with Crippen LogP contribution in [-0.2, 0) is 12.8 Å². The SMILES string of the molecule is COc1ccc(CCC(Cl)c2ccc3c(c2)CCO3)cc1. The van der Waals surface area contributed by atoms with Crippen molar-refractivity contribution in [3.05, 3.63) is 59.2 Å². The van der Waals surface area contributed by atoms with Gasteiger partial charge in [0.05, 0.1) is 19.1 Å². The van der Waals surface area contributed by atoms with E-state index in [1.165, 1.54) is 16.7 Å². The second kappa shape index (κ2) is 6.40. The van der Waals surface area contributed by atoms with Crippen LogP contribution in [0.1, 0.15) is 28.5 Å². The maximum absolute atomic E-state index is 6.55. The molecule has 0 N–H and O–H groups in total. The van der Waals surface area contributed by atoms with Crippen LogP contribution in [0, 0.1) is 0 Å². The van der Waals surface area contributed by atoms with Crippen LogP contribution in [0.3, 0.4) is 0 Å². The van der Waals surface area contributed by atoms with Crippen molar-refractivity contribution in [2.45, 2.75) is 24.6 Å². The third kappa shape index (κ3) is 3.33. The second-order valence-corrected chi connectivity index (χ2v) is 5.85. The monoisotopic (exact) mass is 302 g/mol. The number of hydrogen-bond donors (Lipinski definition) is 0. The van der Waals surface area contributed by atoms with Gasteiger partial charge < -0.3 is 9.47 Å². The molecule has 2 aromatic carbocycles. The summed E-state index contributed by atoms with van der Waals surface area (Å²) in [5.41, 5.74) is 3.75. The number of benzene rings is 2. The summed E-state index contributed by atoms with van der Waals surface area (Å²) in [5, 5.41) is 0.0398. The Morgan fingerprint density at radius 3 is 2.76 bits per heavy atom. The predicted molar refractivity (Wildman–Crippen MR) is 85.6 cm³/mol. The number of halogens is 1. The van der Waals surface area contributed by atoms with E-state index in [-0.39, 0.29) is 5.38 Å². The summed E-state index contributed by atoms with van der Waals surface area (Å²) < 4.78 is 10.7. The highest BCUT2D eigenvalue weighted by Crippen LogP contribution is 2.32. The van der Waals surface area contributed by atoms with Crippen LogP contribution in [0.25, 0.3) is 0 Å². The van der Waals surface area contributed by atoms with E-state index in [0.29, 0.717) is 0 Å². The zero-order chi connectivity index (χ0) is 14.7. The van der Waals surface area contributed by atoms with Crippen molar-refractivity contribution in [1.82, 2.24) is 0 Å². The number of hydrogen-bond acceptors (Lipinski definition) is 2. The molecule has 1 aliphatic rings. The van der Waals surface area contributed by atoms with Crippen LogP contribution in [0.2, 0.25) is 0 Å². The number of fused-ring (bicyclic) bond motifs is 1. The molecule has 0 saturated heterocycles. The van der Waals surface area contributed by atoms with Gasteiger partial charge in [0.2, 0.25) is 0 Å². The van der Waals surface area contributed by atoms with E-state index in [2.05, 4.69) is 24.3 Å². The second-order valence-electron chi connectivity index (χ2n) is 5.32. The zero-order valence-corrected chi connectivity index (χ0v) is 12.9. The van der Waals surface area contributed by atoms with Crippen LogP contribution in [-0.4, -0.2) is 13.7 Å². The quantitative estimate of drug-likeness (QED) is 0.755. The molecule has 2 aromatic rings. The van der Waals surface area contributed by atoms with Gasteiger partial charge in [-0.1, -0.05) is 24.3 Å². The highest BCUT2D eigenvalue weighted by atomic mass is 35.5. The van der Waals surface area contributed by atoms with Crippen molar-refractivity contribution >= 4 is 11.6 Å². The number of rotatable bonds is 5. The fourth-order valence-corrected chi connectivity index (χ4v) is 2.90. The molecule has 1 heterocycles. The molecule has 0 fully saturated rings. The minimum atomic E-state index is 0.0398. The van der Waals surface area contributed by atoms with Crippen LogP contribution in [0.15, 0.2) is 42.5 Å². The van der Waals surface area contributed by atoms with Crippen molar-refractivity contribution < 1.29 is 9.47 Å². The molecule has 0 aliphatic carbocycles. The van der Waals surface area contributed by atoms with Gasteiger partial charge >= 0.3 is 0 Å². The van der Waals surface area contributed by atoms with Crippen LogP contribution >= 0.6 is 11.6 Å². The average molecular weight is 303 g/mol. The molecule has 0 spiro atoms. The molecule has 0 radical (unpaired) electrons. The number of aryl methyl sites for hydroxylation is 1. The highest BCUT2D eigenvalue weighted by molar-refractivity contribution is 6.20. The van der Waals surface area contributed by atoms with Gasteiger partial charge in [-0.05, 0) is 47.7 Å². The predicted octanol–water partition coefficient (Wildman–Crippen LogP) is 4.54. The van der Waals surface area contributed by atoms with E-state index in [0.717, 1.165) is 37.4 Å².